The van der Waals surface area contributed by atoms with E-state index in [-0.39, 0.29) is 5.97 Å². The molecular formula is C15H18IN3O2. The number of benzene rings is 1. The van der Waals surface area contributed by atoms with Crippen molar-refractivity contribution >= 4 is 28.6 Å². The summed E-state index contributed by atoms with van der Waals surface area (Å²) in [6, 6.07) is 9.63. The SMILES string of the molecule is CNC(CCn1cc(I)cn1)(C(=O)OC)c1ccccc1. The quantitative estimate of drug-likeness (QED) is 0.598. The summed E-state index contributed by atoms with van der Waals surface area (Å²) in [5.74, 6) is -0.293. The molecule has 2 rings (SSSR count). The lowest BCUT2D eigenvalue weighted by Gasteiger charge is -2.31. The average Bonchev–Trinajstić information content (AvgIpc) is 2.94. The lowest BCUT2D eigenvalue weighted by Crippen LogP contribution is -2.48. The van der Waals surface area contributed by atoms with Crippen LogP contribution in [0.4, 0.5) is 0 Å². The molecule has 1 unspecified atom stereocenters. The number of hydrogen-bond acceptors (Lipinski definition) is 4. The number of nitrogens with zero attached hydrogens (tertiary/aromatic N) is 2. The van der Waals surface area contributed by atoms with Gasteiger partial charge in [0.05, 0.1) is 16.9 Å². The summed E-state index contributed by atoms with van der Waals surface area (Å²) < 4.78 is 7.93. The Labute approximate surface area is 137 Å². The van der Waals surface area contributed by atoms with Gasteiger partial charge in [0.1, 0.15) is 5.54 Å². The minimum Gasteiger partial charge on any atom is -0.467 e. The fourth-order valence-corrected chi connectivity index (χ4v) is 2.82. The van der Waals surface area contributed by atoms with Gasteiger partial charge >= 0.3 is 5.97 Å². The Morgan fingerprint density at radius 3 is 2.67 bits per heavy atom. The largest absolute Gasteiger partial charge is 0.467 e. The van der Waals surface area contributed by atoms with E-state index >= 15 is 0 Å². The van der Waals surface area contributed by atoms with E-state index in [1.807, 2.05) is 41.2 Å². The molecule has 1 heterocycles. The molecule has 0 fully saturated rings. The van der Waals surface area contributed by atoms with Crippen LogP contribution in [0.1, 0.15) is 12.0 Å². The second-order valence-corrected chi connectivity index (χ2v) is 5.93. The molecule has 1 aromatic heterocycles. The molecule has 5 nitrogen and oxygen atoms in total. The van der Waals surface area contributed by atoms with E-state index in [1.54, 1.807) is 13.2 Å². The molecule has 0 aliphatic rings. The summed E-state index contributed by atoms with van der Waals surface area (Å²) in [6.45, 7) is 0.619. The predicted octanol–water partition coefficient (Wildman–Crippen LogP) is 2.17. The van der Waals surface area contributed by atoms with Crippen molar-refractivity contribution in [2.45, 2.75) is 18.5 Å². The lowest BCUT2D eigenvalue weighted by atomic mass is 9.86. The molecule has 0 saturated heterocycles. The van der Waals surface area contributed by atoms with Gasteiger partial charge in [-0.1, -0.05) is 30.3 Å². The number of carbonyl (C=O) groups is 1. The first kappa shape index (κ1) is 16.0. The highest BCUT2D eigenvalue weighted by atomic mass is 127. The van der Waals surface area contributed by atoms with Gasteiger partial charge in [0.15, 0.2) is 0 Å². The number of aryl methyl sites for hydroxylation is 1. The number of likely N-dealkylation sites (N-methyl/N-ethyl adjacent to an activating group) is 1. The van der Waals surface area contributed by atoms with Crippen LogP contribution in [0.5, 0.6) is 0 Å². The summed E-state index contributed by atoms with van der Waals surface area (Å²) in [4.78, 5) is 12.4. The monoisotopic (exact) mass is 399 g/mol. The van der Waals surface area contributed by atoms with Gasteiger partial charge in [-0.2, -0.15) is 5.10 Å². The highest BCUT2D eigenvalue weighted by Gasteiger charge is 2.39. The van der Waals surface area contributed by atoms with Crippen molar-refractivity contribution in [2.24, 2.45) is 0 Å². The van der Waals surface area contributed by atoms with Crippen molar-refractivity contribution in [3.63, 3.8) is 0 Å². The summed E-state index contributed by atoms with van der Waals surface area (Å²) in [7, 11) is 3.19. The van der Waals surface area contributed by atoms with Gasteiger partial charge in [-0.15, -0.1) is 0 Å². The van der Waals surface area contributed by atoms with Crippen LogP contribution in [-0.4, -0.2) is 29.9 Å². The van der Waals surface area contributed by atoms with E-state index in [9.17, 15) is 4.79 Å². The fourth-order valence-electron chi connectivity index (χ4n) is 2.38. The predicted molar refractivity (Wildman–Crippen MR) is 88.8 cm³/mol. The Kier molecular flexibility index (Phi) is 5.35. The zero-order valence-corrected chi connectivity index (χ0v) is 14.2. The van der Waals surface area contributed by atoms with Crippen molar-refractivity contribution < 1.29 is 9.53 Å². The second-order valence-electron chi connectivity index (χ2n) is 4.68. The number of aromatic nitrogens is 2. The summed E-state index contributed by atoms with van der Waals surface area (Å²) in [5, 5.41) is 7.40. The second kappa shape index (κ2) is 7.04. The van der Waals surface area contributed by atoms with Crippen LogP contribution >= 0.6 is 22.6 Å². The van der Waals surface area contributed by atoms with Gasteiger partial charge in [-0.25, -0.2) is 4.79 Å². The van der Waals surface area contributed by atoms with Crippen LogP contribution < -0.4 is 5.32 Å². The van der Waals surface area contributed by atoms with Crippen LogP contribution in [-0.2, 0) is 21.6 Å². The first-order valence-corrected chi connectivity index (χ1v) is 7.71. The highest BCUT2D eigenvalue weighted by Crippen LogP contribution is 2.27. The van der Waals surface area contributed by atoms with E-state index in [0.29, 0.717) is 13.0 Å². The summed E-state index contributed by atoms with van der Waals surface area (Å²) >= 11 is 2.21. The average molecular weight is 399 g/mol. The Morgan fingerprint density at radius 1 is 1.43 bits per heavy atom. The van der Waals surface area contributed by atoms with Gasteiger partial charge in [0, 0.05) is 19.2 Å². The van der Waals surface area contributed by atoms with E-state index in [0.717, 1.165) is 9.13 Å². The van der Waals surface area contributed by atoms with Crippen LogP contribution in [0.15, 0.2) is 42.7 Å². The minimum atomic E-state index is -0.868. The van der Waals surface area contributed by atoms with Crippen LogP contribution in [0.25, 0.3) is 0 Å². The molecule has 1 aromatic carbocycles. The number of hydrogen-bond donors (Lipinski definition) is 1. The number of rotatable bonds is 6. The Balaban J connectivity index is 2.29. The van der Waals surface area contributed by atoms with Gasteiger partial charge < -0.3 is 10.1 Å². The highest BCUT2D eigenvalue weighted by molar-refractivity contribution is 14.1. The van der Waals surface area contributed by atoms with E-state index in [4.69, 9.17) is 4.74 Å². The zero-order chi connectivity index (χ0) is 15.3. The van der Waals surface area contributed by atoms with Gasteiger partial charge in [-0.05, 0) is 35.2 Å². The molecule has 0 bridgehead atoms. The molecule has 112 valence electrons. The number of ether oxygens (including phenoxy) is 1. The van der Waals surface area contributed by atoms with Gasteiger partial charge in [-0.3, -0.25) is 4.68 Å². The molecule has 0 radical (unpaired) electrons. The smallest absolute Gasteiger partial charge is 0.330 e. The third-order valence-corrected chi connectivity index (χ3v) is 4.10. The number of methoxy groups -OCH3 is 1. The third kappa shape index (κ3) is 3.44. The Morgan fingerprint density at radius 2 is 2.14 bits per heavy atom. The van der Waals surface area contributed by atoms with Gasteiger partial charge in [0.25, 0.3) is 0 Å². The standard InChI is InChI=1S/C15H18IN3O2/c1-17-15(14(20)21-2,12-6-4-3-5-7-12)8-9-19-11-13(16)10-18-19/h3-7,10-11,17H,8-9H2,1-2H3. The molecule has 1 N–H and O–H groups in total. The van der Waals surface area contributed by atoms with Crippen molar-refractivity contribution in [1.82, 2.24) is 15.1 Å². The van der Waals surface area contributed by atoms with Gasteiger partial charge in [0.2, 0.25) is 0 Å². The molecule has 2 aromatic rings. The number of esters is 1. The van der Waals surface area contributed by atoms with Crippen molar-refractivity contribution in [2.75, 3.05) is 14.2 Å². The van der Waals surface area contributed by atoms with Crippen molar-refractivity contribution in [3.8, 4) is 0 Å². The molecule has 21 heavy (non-hydrogen) atoms. The van der Waals surface area contributed by atoms with E-state index < -0.39 is 5.54 Å². The minimum absolute atomic E-state index is 0.293. The Hall–Kier alpha value is -1.41. The van der Waals surface area contributed by atoms with Crippen molar-refractivity contribution in [3.05, 3.63) is 51.9 Å². The topological polar surface area (TPSA) is 56.2 Å². The van der Waals surface area contributed by atoms with E-state index in [2.05, 4.69) is 33.0 Å². The maximum Gasteiger partial charge on any atom is 0.330 e. The van der Waals surface area contributed by atoms with E-state index in [1.165, 1.54) is 7.11 Å². The maximum absolute atomic E-state index is 12.4. The molecule has 6 heteroatoms. The molecule has 1 atom stereocenters. The number of carbonyl (C=O) groups excluding carboxylic acids is 1. The molecule has 0 amide bonds. The Bertz CT molecular complexity index is 600. The third-order valence-electron chi connectivity index (χ3n) is 3.54. The number of halogens is 1. The van der Waals surface area contributed by atoms with Crippen LogP contribution in [0, 0.1) is 3.57 Å². The summed E-state index contributed by atoms with van der Waals surface area (Å²) in [5.41, 5.74) is 0.0223. The van der Waals surface area contributed by atoms with Crippen LogP contribution in [0.3, 0.4) is 0 Å². The fraction of sp³-hybridized carbons (Fsp3) is 0.333. The summed E-state index contributed by atoms with van der Waals surface area (Å²) in [6.07, 6.45) is 4.30. The van der Waals surface area contributed by atoms with Crippen molar-refractivity contribution in [1.29, 1.82) is 0 Å². The molecular weight excluding hydrogens is 381 g/mol. The number of nitrogens with one attached hydrogen (secondary N) is 1. The normalized spacial score (nSPS) is 13.7. The lowest BCUT2D eigenvalue weighted by molar-refractivity contribution is -0.149. The maximum atomic E-state index is 12.4. The molecule has 0 aliphatic carbocycles. The molecule has 0 saturated carbocycles. The zero-order valence-electron chi connectivity index (χ0n) is 12.0. The first-order valence-electron chi connectivity index (χ1n) is 6.63. The molecule has 0 spiro atoms. The molecule has 0 aliphatic heterocycles. The van der Waals surface area contributed by atoms with Crippen LogP contribution in [0.2, 0.25) is 0 Å². The first-order chi connectivity index (χ1) is 10.1.